The zero-order chi connectivity index (χ0) is 16.0. The summed E-state index contributed by atoms with van der Waals surface area (Å²) >= 11 is 0. The Labute approximate surface area is 120 Å². The Bertz CT molecular complexity index is 546. The SMILES string of the molecule is CC(C)(C)n1ncc2c1CCN(C(=O)C(O)C(F)(F)F)C2. The average Bonchev–Trinajstić information content (AvgIpc) is 2.78. The minimum absolute atomic E-state index is 0.0391. The van der Waals surface area contributed by atoms with E-state index < -0.39 is 18.2 Å². The summed E-state index contributed by atoms with van der Waals surface area (Å²) in [7, 11) is 0. The molecule has 1 unspecified atom stereocenters. The Morgan fingerprint density at radius 2 is 2.00 bits per heavy atom. The summed E-state index contributed by atoms with van der Waals surface area (Å²) in [4.78, 5) is 12.7. The maximum absolute atomic E-state index is 12.4. The van der Waals surface area contributed by atoms with E-state index in [-0.39, 0.29) is 18.6 Å². The predicted octanol–water partition coefficient (Wildman–Crippen LogP) is 1.45. The van der Waals surface area contributed by atoms with E-state index in [1.165, 1.54) is 0 Å². The van der Waals surface area contributed by atoms with E-state index in [9.17, 15) is 18.0 Å². The summed E-state index contributed by atoms with van der Waals surface area (Å²) in [6.45, 7) is 6.11. The number of hydrogen-bond donors (Lipinski definition) is 1. The normalized spacial score (nSPS) is 17.6. The van der Waals surface area contributed by atoms with Gasteiger partial charge in [-0.05, 0) is 20.8 Å². The van der Waals surface area contributed by atoms with Gasteiger partial charge in [0.25, 0.3) is 5.91 Å². The van der Waals surface area contributed by atoms with Gasteiger partial charge < -0.3 is 10.0 Å². The van der Waals surface area contributed by atoms with Crippen LogP contribution in [0.5, 0.6) is 0 Å². The highest BCUT2D eigenvalue weighted by Gasteiger charge is 2.46. The third-order valence-corrected chi connectivity index (χ3v) is 3.43. The van der Waals surface area contributed by atoms with Crippen LogP contribution in [0.3, 0.4) is 0 Å². The molecule has 1 aromatic rings. The highest BCUT2D eigenvalue weighted by atomic mass is 19.4. The minimum Gasteiger partial charge on any atom is -0.376 e. The molecule has 0 fully saturated rings. The monoisotopic (exact) mass is 305 g/mol. The summed E-state index contributed by atoms with van der Waals surface area (Å²) in [6.07, 6.45) is -5.91. The second-order valence-corrected chi connectivity index (χ2v) is 6.15. The van der Waals surface area contributed by atoms with Crippen molar-refractivity contribution < 1.29 is 23.1 Å². The molecule has 0 saturated carbocycles. The Kier molecular flexibility index (Phi) is 3.77. The fourth-order valence-corrected chi connectivity index (χ4v) is 2.41. The molecule has 1 aliphatic heterocycles. The number of aliphatic hydroxyl groups excluding tert-OH is 1. The molecule has 1 amide bonds. The van der Waals surface area contributed by atoms with Crippen LogP contribution < -0.4 is 0 Å². The van der Waals surface area contributed by atoms with Crippen molar-refractivity contribution in [3.8, 4) is 0 Å². The fraction of sp³-hybridized carbons (Fsp3) is 0.692. The summed E-state index contributed by atoms with van der Waals surface area (Å²) in [5.74, 6) is -1.31. The molecule has 1 aliphatic rings. The lowest BCUT2D eigenvalue weighted by molar-refractivity contribution is -0.211. The van der Waals surface area contributed by atoms with Crippen molar-refractivity contribution in [2.24, 2.45) is 0 Å². The van der Waals surface area contributed by atoms with Crippen LogP contribution in [0.1, 0.15) is 32.0 Å². The first-order valence-corrected chi connectivity index (χ1v) is 6.61. The maximum Gasteiger partial charge on any atom is 0.423 e. The number of halogens is 3. The van der Waals surface area contributed by atoms with Gasteiger partial charge in [-0.1, -0.05) is 0 Å². The van der Waals surface area contributed by atoms with E-state index in [0.717, 1.165) is 16.2 Å². The van der Waals surface area contributed by atoms with Crippen molar-refractivity contribution in [3.63, 3.8) is 0 Å². The summed E-state index contributed by atoms with van der Waals surface area (Å²) in [5, 5.41) is 13.3. The molecule has 21 heavy (non-hydrogen) atoms. The van der Waals surface area contributed by atoms with E-state index in [0.29, 0.717) is 6.42 Å². The lowest BCUT2D eigenvalue weighted by Crippen LogP contribution is -2.48. The average molecular weight is 305 g/mol. The number of fused-ring (bicyclic) bond motifs is 1. The number of aliphatic hydroxyl groups is 1. The van der Waals surface area contributed by atoms with Crippen LogP contribution in [0.15, 0.2) is 6.20 Å². The summed E-state index contributed by atoms with van der Waals surface area (Å²) < 4.78 is 39.0. The predicted molar refractivity (Wildman–Crippen MR) is 68.4 cm³/mol. The van der Waals surface area contributed by atoms with Crippen molar-refractivity contribution in [2.45, 2.75) is 51.6 Å². The smallest absolute Gasteiger partial charge is 0.376 e. The van der Waals surface area contributed by atoms with Gasteiger partial charge >= 0.3 is 6.18 Å². The van der Waals surface area contributed by atoms with Gasteiger partial charge in [0.2, 0.25) is 6.10 Å². The number of amides is 1. The summed E-state index contributed by atoms with van der Waals surface area (Å²) in [5.41, 5.74) is 1.41. The van der Waals surface area contributed by atoms with Crippen LogP contribution in [0, 0.1) is 0 Å². The molecule has 2 heterocycles. The second kappa shape index (κ2) is 5.01. The zero-order valence-electron chi connectivity index (χ0n) is 12.1. The highest BCUT2D eigenvalue weighted by Crippen LogP contribution is 2.27. The van der Waals surface area contributed by atoms with Gasteiger partial charge in [0.05, 0.1) is 11.7 Å². The van der Waals surface area contributed by atoms with Gasteiger partial charge in [0.15, 0.2) is 0 Å². The minimum atomic E-state index is -4.94. The van der Waals surface area contributed by atoms with Crippen molar-refractivity contribution >= 4 is 5.91 Å². The molecule has 5 nitrogen and oxygen atoms in total. The quantitative estimate of drug-likeness (QED) is 0.854. The number of rotatable bonds is 1. The Morgan fingerprint density at radius 3 is 2.52 bits per heavy atom. The van der Waals surface area contributed by atoms with Gasteiger partial charge in [-0.15, -0.1) is 0 Å². The van der Waals surface area contributed by atoms with E-state index in [2.05, 4.69) is 5.10 Å². The van der Waals surface area contributed by atoms with Crippen molar-refractivity contribution in [1.82, 2.24) is 14.7 Å². The van der Waals surface area contributed by atoms with Crippen LogP contribution in [0.25, 0.3) is 0 Å². The molecular weight excluding hydrogens is 287 g/mol. The molecular formula is C13H18F3N3O2. The number of hydrogen-bond acceptors (Lipinski definition) is 3. The van der Waals surface area contributed by atoms with Crippen molar-refractivity contribution in [3.05, 3.63) is 17.5 Å². The van der Waals surface area contributed by atoms with Crippen LogP contribution in [0.2, 0.25) is 0 Å². The molecule has 0 spiro atoms. The highest BCUT2D eigenvalue weighted by molar-refractivity contribution is 5.81. The van der Waals surface area contributed by atoms with E-state index >= 15 is 0 Å². The van der Waals surface area contributed by atoms with E-state index in [1.54, 1.807) is 6.20 Å². The van der Waals surface area contributed by atoms with Gasteiger partial charge in [0.1, 0.15) is 0 Å². The van der Waals surface area contributed by atoms with Crippen LogP contribution in [-0.4, -0.2) is 44.5 Å². The summed E-state index contributed by atoms with van der Waals surface area (Å²) in [6, 6.07) is 0. The molecule has 0 aromatic carbocycles. The van der Waals surface area contributed by atoms with Crippen molar-refractivity contribution in [1.29, 1.82) is 0 Å². The maximum atomic E-state index is 12.4. The number of nitrogens with zero attached hydrogens (tertiary/aromatic N) is 3. The molecule has 2 rings (SSSR count). The number of aromatic nitrogens is 2. The van der Waals surface area contributed by atoms with Crippen molar-refractivity contribution in [2.75, 3.05) is 6.54 Å². The van der Waals surface area contributed by atoms with E-state index in [4.69, 9.17) is 5.11 Å². The van der Waals surface area contributed by atoms with Crippen LogP contribution in [-0.2, 0) is 23.3 Å². The zero-order valence-corrected chi connectivity index (χ0v) is 12.1. The first kappa shape index (κ1) is 15.8. The molecule has 0 aliphatic carbocycles. The molecule has 118 valence electrons. The molecule has 0 saturated heterocycles. The topological polar surface area (TPSA) is 58.4 Å². The van der Waals surface area contributed by atoms with E-state index in [1.807, 2.05) is 25.5 Å². The second-order valence-electron chi connectivity index (χ2n) is 6.15. The number of alkyl halides is 3. The van der Waals surface area contributed by atoms with Gasteiger partial charge in [0, 0.05) is 30.8 Å². The lowest BCUT2D eigenvalue weighted by atomic mass is 10.0. The fourth-order valence-electron chi connectivity index (χ4n) is 2.41. The van der Waals surface area contributed by atoms with Crippen LogP contribution in [0.4, 0.5) is 13.2 Å². The molecule has 1 aromatic heterocycles. The standard InChI is InChI=1S/C13H18F3N3O2/c1-12(2,3)19-9-4-5-18(7-8(9)6-17-19)11(21)10(20)13(14,15)16/h6,10,20H,4-5,7H2,1-3H3. The number of carbonyl (C=O) groups is 1. The Balaban J connectivity index is 2.18. The molecule has 0 radical (unpaired) electrons. The van der Waals surface area contributed by atoms with Gasteiger partial charge in [-0.2, -0.15) is 18.3 Å². The Hall–Kier alpha value is -1.57. The van der Waals surface area contributed by atoms with Gasteiger partial charge in [-0.3, -0.25) is 9.48 Å². The molecule has 8 heteroatoms. The van der Waals surface area contributed by atoms with Crippen LogP contribution >= 0.6 is 0 Å². The third kappa shape index (κ3) is 3.04. The largest absolute Gasteiger partial charge is 0.423 e. The molecule has 0 bridgehead atoms. The molecule has 1 atom stereocenters. The third-order valence-electron chi connectivity index (χ3n) is 3.43. The molecule has 1 N–H and O–H groups in total. The first-order chi connectivity index (χ1) is 9.51. The Morgan fingerprint density at radius 1 is 1.38 bits per heavy atom. The van der Waals surface area contributed by atoms with Gasteiger partial charge in [-0.25, -0.2) is 0 Å². The first-order valence-electron chi connectivity index (χ1n) is 6.61. The lowest BCUT2D eigenvalue weighted by Gasteiger charge is -2.31. The number of carbonyl (C=O) groups excluding carboxylic acids is 1.